The van der Waals surface area contributed by atoms with Crippen LogP contribution in [0.5, 0.6) is 5.75 Å². The molecule has 0 bridgehead atoms. The molecule has 1 aliphatic heterocycles. The molecule has 3 rings (SSSR count). The Bertz CT molecular complexity index is 798. The van der Waals surface area contributed by atoms with Crippen LogP contribution >= 0.6 is 0 Å². The van der Waals surface area contributed by atoms with Crippen molar-refractivity contribution < 1.29 is 19.1 Å². The maximum absolute atomic E-state index is 12.6. The lowest BCUT2D eigenvalue weighted by atomic mass is 10.1. The third-order valence-corrected chi connectivity index (χ3v) is 4.13. The van der Waals surface area contributed by atoms with Gasteiger partial charge in [0.15, 0.2) is 6.10 Å². The van der Waals surface area contributed by atoms with Crippen LogP contribution < -0.4 is 9.64 Å². The normalized spacial score (nSPS) is 16.2. The molecular weight excluding hydrogens is 318 g/mol. The van der Waals surface area contributed by atoms with Gasteiger partial charge in [-0.3, -0.25) is 4.79 Å². The third-order valence-electron chi connectivity index (χ3n) is 4.13. The second kappa shape index (κ2) is 6.97. The smallest absolute Gasteiger partial charge is 0.338 e. The highest BCUT2D eigenvalue weighted by atomic mass is 16.5. The van der Waals surface area contributed by atoms with Gasteiger partial charge in [0.2, 0.25) is 0 Å². The first-order valence-electron chi connectivity index (χ1n) is 8.34. The van der Waals surface area contributed by atoms with Gasteiger partial charge in [0.1, 0.15) is 5.75 Å². The van der Waals surface area contributed by atoms with Gasteiger partial charge in [-0.15, -0.1) is 0 Å². The standard InChI is InChI=1S/C20H21NO4/c1-4-24-20(23)16-8-6-15(7-9-16)12-21-17-11-13(2)5-10-18(17)25-14(3)19(21)22/h5-11,14H,4,12H2,1-3H3. The van der Waals surface area contributed by atoms with E-state index in [2.05, 4.69) is 0 Å². The van der Waals surface area contributed by atoms with Crippen molar-refractivity contribution in [1.82, 2.24) is 0 Å². The molecule has 130 valence electrons. The third kappa shape index (κ3) is 3.50. The fourth-order valence-electron chi connectivity index (χ4n) is 2.82. The fourth-order valence-corrected chi connectivity index (χ4v) is 2.82. The number of carbonyl (C=O) groups is 2. The maximum atomic E-state index is 12.6. The van der Waals surface area contributed by atoms with Gasteiger partial charge < -0.3 is 14.4 Å². The Kier molecular flexibility index (Phi) is 4.74. The van der Waals surface area contributed by atoms with Crippen molar-refractivity contribution in [3.05, 3.63) is 59.2 Å². The number of aryl methyl sites for hydroxylation is 1. The van der Waals surface area contributed by atoms with Gasteiger partial charge in [-0.25, -0.2) is 4.79 Å². The van der Waals surface area contributed by atoms with Crippen molar-refractivity contribution in [3.8, 4) is 5.75 Å². The van der Waals surface area contributed by atoms with Gasteiger partial charge in [0.25, 0.3) is 5.91 Å². The fraction of sp³-hybridized carbons (Fsp3) is 0.300. The number of anilines is 1. The summed E-state index contributed by atoms with van der Waals surface area (Å²) in [5, 5.41) is 0. The van der Waals surface area contributed by atoms with Crippen molar-refractivity contribution in [2.45, 2.75) is 33.4 Å². The SMILES string of the molecule is CCOC(=O)c1ccc(CN2C(=O)C(C)Oc3ccc(C)cc32)cc1. The zero-order valence-electron chi connectivity index (χ0n) is 14.6. The number of nitrogens with zero attached hydrogens (tertiary/aromatic N) is 1. The molecule has 0 radical (unpaired) electrons. The number of rotatable bonds is 4. The predicted molar refractivity (Wildman–Crippen MR) is 94.9 cm³/mol. The highest BCUT2D eigenvalue weighted by molar-refractivity contribution is 5.99. The molecule has 0 fully saturated rings. The van der Waals surface area contributed by atoms with Crippen LogP contribution in [-0.4, -0.2) is 24.6 Å². The quantitative estimate of drug-likeness (QED) is 0.800. The van der Waals surface area contributed by atoms with E-state index >= 15 is 0 Å². The molecular formula is C20H21NO4. The molecule has 25 heavy (non-hydrogen) atoms. The van der Waals surface area contributed by atoms with E-state index in [1.807, 2.05) is 37.3 Å². The van der Waals surface area contributed by atoms with Crippen LogP contribution in [0, 0.1) is 6.92 Å². The van der Waals surface area contributed by atoms with Crippen LogP contribution in [0.15, 0.2) is 42.5 Å². The van der Waals surface area contributed by atoms with Crippen LogP contribution in [0.2, 0.25) is 0 Å². The van der Waals surface area contributed by atoms with E-state index < -0.39 is 6.10 Å². The van der Waals surface area contributed by atoms with Crippen LogP contribution in [-0.2, 0) is 16.1 Å². The lowest BCUT2D eigenvalue weighted by Gasteiger charge is -2.33. The number of benzene rings is 2. The lowest BCUT2D eigenvalue weighted by molar-refractivity contribution is -0.125. The summed E-state index contributed by atoms with van der Waals surface area (Å²) in [6.45, 7) is 6.27. The number of amides is 1. The predicted octanol–water partition coefficient (Wildman–Crippen LogP) is 3.49. The van der Waals surface area contributed by atoms with E-state index in [4.69, 9.17) is 9.47 Å². The minimum atomic E-state index is -0.519. The Morgan fingerprint density at radius 3 is 2.60 bits per heavy atom. The molecule has 2 aromatic carbocycles. The molecule has 0 saturated carbocycles. The van der Waals surface area contributed by atoms with Crippen molar-refractivity contribution in [1.29, 1.82) is 0 Å². The summed E-state index contributed by atoms with van der Waals surface area (Å²) >= 11 is 0. The highest BCUT2D eigenvalue weighted by Gasteiger charge is 2.31. The molecule has 1 heterocycles. The highest BCUT2D eigenvalue weighted by Crippen LogP contribution is 2.35. The van der Waals surface area contributed by atoms with Crippen LogP contribution in [0.1, 0.15) is 35.3 Å². The molecule has 2 aromatic rings. The zero-order chi connectivity index (χ0) is 18.0. The second-order valence-corrected chi connectivity index (χ2v) is 6.07. The molecule has 1 aliphatic rings. The molecule has 5 heteroatoms. The molecule has 5 nitrogen and oxygen atoms in total. The molecule has 1 amide bonds. The van der Waals surface area contributed by atoms with E-state index in [9.17, 15) is 9.59 Å². The van der Waals surface area contributed by atoms with Crippen molar-refractivity contribution >= 4 is 17.6 Å². The summed E-state index contributed by atoms with van der Waals surface area (Å²) in [4.78, 5) is 26.1. The summed E-state index contributed by atoms with van der Waals surface area (Å²) in [5.74, 6) is 0.291. The van der Waals surface area contributed by atoms with Gasteiger partial charge in [-0.05, 0) is 56.2 Å². The first kappa shape index (κ1) is 17.0. The molecule has 0 saturated heterocycles. The van der Waals surface area contributed by atoms with Crippen LogP contribution in [0.3, 0.4) is 0 Å². The van der Waals surface area contributed by atoms with E-state index in [1.165, 1.54) is 0 Å². The molecule has 0 aromatic heterocycles. The summed E-state index contributed by atoms with van der Waals surface area (Å²) in [6, 6.07) is 12.9. The van der Waals surface area contributed by atoms with E-state index in [0.29, 0.717) is 24.5 Å². The van der Waals surface area contributed by atoms with E-state index in [0.717, 1.165) is 16.8 Å². The Hall–Kier alpha value is -2.82. The number of esters is 1. The molecule has 1 unspecified atom stereocenters. The van der Waals surface area contributed by atoms with Gasteiger partial charge in [0.05, 0.1) is 24.4 Å². The number of hydrogen-bond acceptors (Lipinski definition) is 4. The Morgan fingerprint density at radius 2 is 1.92 bits per heavy atom. The van der Waals surface area contributed by atoms with Gasteiger partial charge in [-0.1, -0.05) is 18.2 Å². The van der Waals surface area contributed by atoms with Gasteiger partial charge >= 0.3 is 5.97 Å². The summed E-state index contributed by atoms with van der Waals surface area (Å²) in [7, 11) is 0. The summed E-state index contributed by atoms with van der Waals surface area (Å²) in [5.41, 5.74) is 3.27. The first-order chi connectivity index (χ1) is 12.0. The Labute approximate surface area is 147 Å². The second-order valence-electron chi connectivity index (χ2n) is 6.07. The molecule has 1 atom stereocenters. The van der Waals surface area contributed by atoms with Crippen molar-refractivity contribution in [3.63, 3.8) is 0 Å². The van der Waals surface area contributed by atoms with Crippen LogP contribution in [0.4, 0.5) is 5.69 Å². The molecule has 0 aliphatic carbocycles. The minimum absolute atomic E-state index is 0.0763. The monoisotopic (exact) mass is 339 g/mol. The topological polar surface area (TPSA) is 55.8 Å². The minimum Gasteiger partial charge on any atom is -0.479 e. The summed E-state index contributed by atoms with van der Waals surface area (Å²) < 4.78 is 10.7. The van der Waals surface area contributed by atoms with Crippen molar-refractivity contribution in [2.24, 2.45) is 0 Å². The average Bonchev–Trinajstić information content (AvgIpc) is 2.60. The average molecular weight is 339 g/mol. The van der Waals surface area contributed by atoms with Crippen LogP contribution in [0.25, 0.3) is 0 Å². The Balaban J connectivity index is 1.86. The van der Waals surface area contributed by atoms with E-state index in [-0.39, 0.29) is 11.9 Å². The number of fused-ring (bicyclic) bond motifs is 1. The molecule has 0 spiro atoms. The molecule has 0 N–H and O–H groups in total. The van der Waals surface area contributed by atoms with E-state index in [1.54, 1.807) is 30.9 Å². The number of ether oxygens (including phenoxy) is 2. The zero-order valence-corrected chi connectivity index (χ0v) is 14.6. The maximum Gasteiger partial charge on any atom is 0.338 e. The van der Waals surface area contributed by atoms with Gasteiger partial charge in [-0.2, -0.15) is 0 Å². The summed E-state index contributed by atoms with van der Waals surface area (Å²) in [6.07, 6.45) is -0.519. The Morgan fingerprint density at radius 1 is 1.20 bits per heavy atom. The first-order valence-corrected chi connectivity index (χ1v) is 8.34. The number of carbonyl (C=O) groups excluding carboxylic acids is 2. The van der Waals surface area contributed by atoms with Gasteiger partial charge in [0, 0.05) is 0 Å². The number of hydrogen-bond donors (Lipinski definition) is 0. The lowest BCUT2D eigenvalue weighted by Crippen LogP contribution is -2.44. The largest absolute Gasteiger partial charge is 0.479 e. The van der Waals surface area contributed by atoms with Crippen molar-refractivity contribution in [2.75, 3.05) is 11.5 Å².